The van der Waals surface area contributed by atoms with Crippen LogP contribution in [0.1, 0.15) is 30.5 Å². The molecule has 0 atom stereocenters. The third-order valence-corrected chi connectivity index (χ3v) is 3.52. The Labute approximate surface area is 129 Å². The molecule has 0 radical (unpaired) electrons. The summed E-state index contributed by atoms with van der Waals surface area (Å²) in [6.45, 7) is 8.03. The molecule has 0 saturated carbocycles. The summed E-state index contributed by atoms with van der Waals surface area (Å²) in [5, 5.41) is 0.581. The Bertz CT molecular complexity index is 611. The van der Waals surface area contributed by atoms with Crippen molar-refractivity contribution in [2.75, 3.05) is 5.73 Å². The van der Waals surface area contributed by atoms with Gasteiger partial charge in [0.25, 0.3) is 0 Å². The van der Waals surface area contributed by atoms with Crippen molar-refractivity contribution in [3.05, 3.63) is 34.9 Å². The summed E-state index contributed by atoms with van der Waals surface area (Å²) in [6, 6.07) is 6.76. The quantitative estimate of drug-likeness (QED) is 0.855. The first-order chi connectivity index (χ1) is 9.92. The van der Waals surface area contributed by atoms with Crippen LogP contribution in [0.3, 0.4) is 0 Å². The van der Waals surface area contributed by atoms with Gasteiger partial charge in [0, 0.05) is 5.75 Å². The topological polar surface area (TPSA) is 73.9 Å². The van der Waals surface area contributed by atoms with E-state index in [9.17, 15) is 0 Å². The van der Waals surface area contributed by atoms with E-state index in [0.717, 1.165) is 5.75 Å². The van der Waals surface area contributed by atoms with Gasteiger partial charge in [0.2, 0.25) is 5.95 Å². The summed E-state index contributed by atoms with van der Waals surface area (Å²) in [5.74, 6) is 0.969. The molecule has 2 rings (SSSR count). The van der Waals surface area contributed by atoms with E-state index in [0.29, 0.717) is 5.16 Å². The Morgan fingerprint density at radius 1 is 1.10 bits per heavy atom. The minimum absolute atomic E-state index is 0.00377. The molecule has 21 heavy (non-hydrogen) atoms. The first kappa shape index (κ1) is 15.6. The average Bonchev–Trinajstić information content (AvgIpc) is 2.33. The fourth-order valence-electron chi connectivity index (χ4n) is 1.98. The van der Waals surface area contributed by atoms with Crippen molar-refractivity contribution < 1.29 is 4.74 Å². The number of ether oxygens (including phenoxy) is 1. The lowest BCUT2D eigenvalue weighted by Gasteiger charge is -2.09. The van der Waals surface area contributed by atoms with Crippen LogP contribution < -0.4 is 10.5 Å². The molecular formula is C15H20N4OS. The van der Waals surface area contributed by atoms with Crippen molar-refractivity contribution >= 4 is 17.7 Å². The average molecular weight is 304 g/mol. The fraction of sp³-hybridized carbons (Fsp3) is 0.400. The van der Waals surface area contributed by atoms with Crippen LogP contribution in [0.2, 0.25) is 0 Å². The van der Waals surface area contributed by atoms with Crippen LogP contribution in [0, 0.1) is 13.8 Å². The lowest BCUT2D eigenvalue weighted by molar-refractivity contribution is 0.219. The standard InChI is InChI=1S/C15H20N4OS/c1-9(2)20-14-17-13(16)18-15(19-14)21-8-12-6-10(3)5-11(4)7-12/h5-7,9H,8H2,1-4H3,(H2,16,17,18,19). The molecule has 0 aliphatic rings. The van der Waals surface area contributed by atoms with Gasteiger partial charge in [-0.1, -0.05) is 41.1 Å². The van der Waals surface area contributed by atoms with Gasteiger partial charge >= 0.3 is 6.01 Å². The zero-order chi connectivity index (χ0) is 15.4. The van der Waals surface area contributed by atoms with Crippen LogP contribution in [0.25, 0.3) is 0 Å². The lowest BCUT2D eigenvalue weighted by Crippen LogP contribution is -2.10. The second-order valence-corrected chi connectivity index (χ2v) is 6.15. The number of nitrogens with zero attached hydrogens (tertiary/aromatic N) is 3. The highest BCUT2D eigenvalue weighted by molar-refractivity contribution is 7.98. The van der Waals surface area contributed by atoms with E-state index < -0.39 is 0 Å². The highest BCUT2D eigenvalue weighted by Crippen LogP contribution is 2.22. The molecule has 0 unspecified atom stereocenters. The molecule has 2 N–H and O–H groups in total. The normalized spacial score (nSPS) is 10.9. The molecule has 0 saturated heterocycles. The third kappa shape index (κ3) is 4.90. The van der Waals surface area contributed by atoms with E-state index in [4.69, 9.17) is 10.5 Å². The third-order valence-electron chi connectivity index (χ3n) is 2.60. The Hall–Kier alpha value is -1.82. The van der Waals surface area contributed by atoms with Gasteiger partial charge < -0.3 is 10.5 Å². The largest absolute Gasteiger partial charge is 0.461 e. The number of nitrogens with two attached hydrogens (primary N) is 1. The number of thioether (sulfide) groups is 1. The summed E-state index contributed by atoms with van der Waals surface area (Å²) in [4.78, 5) is 12.4. The zero-order valence-electron chi connectivity index (χ0n) is 12.8. The molecule has 1 aromatic heterocycles. The molecular weight excluding hydrogens is 284 g/mol. The molecule has 0 spiro atoms. The maximum Gasteiger partial charge on any atom is 0.322 e. The van der Waals surface area contributed by atoms with Crippen molar-refractivity contribution in [1.82, 2.24) is 15.0 Å². The molecule has 1 aromatic carbocycles. The molecule has 5 nitrogen and oxygen atoms in total. The van der Waals surface area contributed by atoms with Crippen LogP contribution in [-0.2, 0) is 5.75 Å². The van der Waals surface area contributed by atoms with E-state index in [1.807, 2.05) is 13.8 Å². The van der Waals surface area contributed by atoms with Crippen molar-refractivity contribution in [2.24, 2.45) is 0 Å². The van der Waals surface area contributed by atoms with Crippen LogP contribution in [0.4, 0.5) is 5.95 Å². The van der Waals surface area contributed by atoms with E-state index in [1.54, 1.807) is 0 Å². The summed E-state index contributed by atoms with van der Waals surface area (Å²) >= 11 is 1.52. The van der Waals surface area contributed by atoms with Gasteiger partial charge in [-0.2, -0.15) is 15.0 Å². The first-order valence-corrected chi connectivity index (χ1v) is 7.79. The van der Waals surface area contributed by atoms with Crippen LogP contribution >= 0.6 is 11.8 Å². The van der Waals surface area contributed by atoms with Gasteiger partial charge in [0.05, 0.1) is 6.10 Å². The van der Waals surface area contributed by atoms with Crippen molar-refractivity contribution in [1.29, 1.82) is 0 Å². The van der Waals surface area contributed by atoms with Gasteiger partial charge in [-0.15, -0.1) is 0 Å². The van der Waals surface area contributed by atoms with E-state index >= 15 is 0 Å². The number of nitrogen functional groups attached to an aromatic ring is 1. The van der Waals surface area contributed by atoms with E-state index in [-0.39, 0.29) is 18.1 Å². The minimum atomic E-state index is 0.00377. The van der Waals surface area contributed by atoms with Crippen LogP contribution in [0.5, 0.6) is 6.01 Å². The summed E-state index contributed by atoms with van der Waals surface area (Å²) < 4.78 is 5.47. The SMILES string of the molecule is Cc1cc(C)cc(CSc2nc(N)nc(OC(C)C)n2)c1. The van der Waals surface area contributed by atoms with Crippen molar-refractivity contribution in [3.8, 4) is 6.01 Å². The van der Waals surface area contributed by atoms with Crippen LogP contribution in [0.15, 0.2) is 23.4 Å². The fourth-order valence-corrected chi connectivity index (χ4v) is 2.74. The van der Waals surface area contributed by atoms with Gasteiger partial charge in [-0.3, -0.25) is 0 Å². The second-order valence-electron chi connectivity index (χ2n) is 5.21. The predicted molar refractivity (Wildman–Crippen MR) is 85.5 cm³/mol. The Morgan fingerprint density at radius 3 is 2.38 bits per heavy atom. The predicted octanol–water partition coefficient (Wildman–Crippen LogP) is 3.15. The van der Waals surface area contributed by atoms with Gasteiger partial charge in [0.1, 0.15) is 0 Å². The minimum Gasteiger partial charge on any atom is -0.461 e. The summed E-state index contributed by atoms with van der Waals surface area (Å²) in [5.41, 5.74) is 9.44. The van der Waals surface area contributed by atoms with Gasteiger partial charge in [-0.25, -0.2) is 0 Å². The van der Waals surface area contributed by atoms with Crippen LogP contribution in [-0.4, -0.2) is 21.1 Å². The molecule has 0 aliphatic carbocycles. The molecule has 2 aromatic rings. The van der Waals surface area contributed by atoms with Crippen molar-refractivity contribution in [2.45, 2.75) is 44.7 Å². The monoisotopic (exact) mass is 304 g/mol. The number of aryl methyl sites for hydroxylation is 2. The number of rotatable bonds is 5. The highest BCUT2D eigenvalue weighted by atomic mass is 32.2. The molecule has 0 aliphatic heterocycles. The van der Waals surface area contributed by atoms with E-state index in [2.05, 4.69) is 47.0 Å². The molecule has 0 fully saturated rings. The number of aromatic nitrogens is 3. The summed E-state index contributed by atoms with van der Waals surface area (Å²) in [6.07, 6.45) is 0.00377. The Morgan fingerprint density at radius 2 is 1.76 bits per heavy atom. The molecule has 6 heteroatoms. The molecule has 0 amide bonds. The first-order valence-electron chi connectivity index (χ1n) is 6.80. The summed E-state index contributed by atoms with van der Waals surface area (Å²) in [7, 11) is 0. The second kappa shape index (κ2) is 6.76. The van der Waals surface area contributed by atoms with E-state index in [1.165, 1.54) is 28.5 Å². The molecule has 1 heterocycles. The van der Waals surface area contributed by atoms with Gasteiger partial charge in [-0.05, 0) is 33.3 Å². The number of hydrogen-bond donors (Lipinski definition) is 1. The highest BCUT2D eigenvalue weighted by Gasteiger charge is 2.08. The van der Waals surface area contributed by atoms with Gasteiger partial charge in [0.15, 0.2) is 5.16 Å². The Kier molecular flexibility index (Phi) is 5.01. The maximum absolute atomic E-state index is 5.70. The van der Waals surface area contributed by atoms with Crippen molar-refractivity contribution in [3.63, 3.8) is 0 Å². The molecule has 0 bridgehead atoms. The zero-order valence-corrected chi connectivity index (χ0v) is 13.6. The number of anilines is 1. The Balaban J connectivity index is 2.10. The lowest BCUT2D eigenvalue weighted by atomic mass is 10.1. The molecule has 112 valence electrons. The smallest absolute Gasteiger partial charge is 0.322 e. The maximum atomic E-state index is 5.70. The number of benzene rings is 1. The number of hydrogen-bond acceptors (Lipinski definition) is 6.